The van der Waals surface area contributed by atoms with E-state index < -0.39 is 0 Å². The van der Waals surface area contributed by atoms with Crippen LogP contribution in [0.25, 0.3) is 6.08 Å². The van der Waals surface area contributed by atoms with Crippen molar-refractivity contribution in [2.75, 3.05) is 13.2 Å². The van der Waals surface area contributed by atoms with Crippen LogP contribution in [0.2, 0.25) is 0 Å². The van der Waals surface area contributed by atoms with E-state index in [9.17, 15) is 4.79 Å². The van der Waals surface area contributed by atoms with Gasteiger partial charge < -0.3 is 9.47 Å². The maximum absolute atomic E-state index is 12.2. The first kappa shape index (κ1) is 16.8. The van der Waals surface area contributed by atoms with E-state index in [0.717, 1.165) is 16.9 Å². The van der Waals surface area contributed by atoms with E-state index in [0.29, 0.717) is 24.5 Å². The van der Waals surface area contributed by atoms with Crippen molar-refractivity contribution in [1.29, 1.82) is 0 Å². The number of rotatable bonds is 7. The molecule has 120 valence electrons. The minimum absolute atomic E-state index is 0.0134. The fraction of sp³-hybridized carbons (Fsp3) is 0.250. The third kappa shape index (κ3) is 4.71. The van der Waals surface area contributed by atoms with Gasteiger partial charge in [0.1, 0.15) is 0 Å². The van der Waals surface area contributed by atoms with Gasteiger partial charge in [-0.1, -0.05) is 35.9 Å². The molecule has 0 aliphatic rings. The second-order valence-corrected chi connectivity index (χ2v) is 5.14. The molecule has 0 unspecified atom stereocenters. The highest BCUT2D eigenvalue weighted by Crippen LogP contribution is 2.29. The fourth-order valence-corrected chi connectivity index (χ4v) is 2.24. The summed E-state index contributed by atoms with van der Waals surface area (Å²) < 4.78 is 11.1. The summed E-state index contributed by atoms with van der Waals surface area (Å²) >= 11 is 0. The normalized spacial score (nSPS) is 10.7. The van der Waals surface area contributed by atoms with E-state index >= 15 is 0 Å². The van der Waals surface area contributed by atoms with E-state index in [1.807, 2.05) is 63.2 Å². The lowest BCUT2D eigenvalue weighted by molar-refractivity contribution is 0.104. The molecule has 0 saturated carbocycles. The van der Waals surface area contributed by atoms with Gasteiger partial charge in [-0.2, -0.15) is 0 Å². The summed E-state index contributed by atoms with van der Waals surface area (Å²) in [5, 5.41) is 0. The van der Waals surface area contributed by atoms with Gasteiger partial charge in [0.05, 0.1) is 13.2 Å². The SMILES string of the molecule is CCOc1ccc(/C=C/C(=O)c2cccc(C)c2)cc1OCC. The van der Waals surface area contributed by atoms with Gasteiger partial charge in [0.2, 0.25) is 0 Å². The Balaban J connectivity index is 2.18. The largest absolute Gasteiger partial charge is 0.490 e. The number of carbonyl (C=O) groups is 1. The molecular weight excluding hydrogens is 288 g/mol. The van der Waals surface area contributed by atoms with Crippen molar-refractivity contribution >= 4 is 11.9 Å². The molecule has 0 heterocycles. The Morgan fingerprint density at radius 2 is 1.74 bits per heavy atom. The maximum atomic E-state index is 12.2. The van der Waals surface area contributed by atoms with Crippen LogP contribution in [0, 0.1) is 6.92 Å². The molecule has 0 amide bonds. The molecule has 0 aliphatic carbocycles. The molecule has 0 spiro atoms. The quantitative estimate of drug-likeness (QED) is 0.550. The van der Waals surface area contributed by atoms with Crippen LogP contribution >= 0.6 is 0 Å². The molecule has 2 rings (SSSR count). The number of ether oxygens (including phenoxy) is 2. The third-order valence-corrected chi connectivity index (χ3v) is 3.30. The van der Waals surface area contributed by atoms with Gasteiger partial charge in [-0.25, -0.2) is 0 Å². The van der Waals surface area contributed by atoms with Crippen molar-refractivity contribution in [2.45, 2.75) is 20.8 Å². The molecule has 0 atom stereocenters. The van der Waals surface area contributed by atoms with Crippen molar-refractivity contribution in [3.05, 3.63) is 65.2 Å². The second-order valence-electron chi connectivity index (χ2n) is 5.14. The van der Waals surface area contributed by atoms with Crippen LogP contribution in [-0.2, 0) is 0 Å². The monoisotopic (exact) mass is 310 g/mol. The molecular formula is C20H22O3. The predicted octanol–water partition coefficient (Wildman–Crippen LogP) is 4.69. The topological polar surface area (TPSA) is 35.5 Å². The van der Waals surface area contributed by atoms with Gasteiger partial charge in [-0.15, -0.1) is 0 Å². The van der Waals surface area contributed by atoms with E-state index in [4.69, 9.17) is 9.47 Å². The average molecular weight is 310 g/mol. The standard InChI is InChI=1S/C20H22O3/c1-4-22-19-12-10-16(14-20(19)23-5-2)9-11-18(21)17-8-6-7-15(3)13-17/h6-14H,4-5H2,1-3H3/b11-9+. The molecule has 3 heteroatoms. The van der Waals surface area contributed by atoms with Crippen LogP contribution in [-0.4, -0.2) is 19.0 Å². The Bertz CT molecular complexity index is 702. The molecule has 0 N–H and O–H groups in total. The molecule has 0 aromatic heterocycles. The smallest absolute Gasteiger partial charge is 0.185 e. The summed E-state index contributed by atoms with van der Waals surface area (Å²) in [6.07, 6.45) is 3.38. The summed E-state index contributed by atoms with van der Waals surface area (Å²) in [6.45, 7) is 6.99. The van der Waals surface area contributed by atoms with Crippen LogP contribution < -0.4 is 9.47 Å². The first-order valence-electron chi connectivity index (χ1n) is 7.82. The Morgan fingerprint density at radius 1 is 1.00 bits per heavy atom. The van der Waals surface area contributed by atoms with E-state index in [1.165, 1.54) is 0 Å². The van der Waals surface area contributed by atoms with Crippen molar-refractivity contribution in [3.63, 3.8) is 0 Å². The number of hydrogen-bond donors (Lipinski definition) is 0. The lowest BCUT2D eigenvalue weighted by atomic mass is 10.1. The van der Waals surface area contributed by atoms with Crippen LogP contribution in [0.5, 0.6) is 11.5 Å². The Morgan fingerprint density at radius 3 is 2.43 bits per heavy atom. The zero-order valence-electron chi connectivity index (χ0n) is 13.8. The predicted molar refractivity (Wildman–Crippen MR) is 93.3 cm³/mol. The summed E-state index contributed by atoms with van der Waals surface area (Å²) in [5.74, 6) is 1.40. The molecule has 0 bridgehead atoms. The number of allylic oxidation sites excluding steroid dienone is 1. The highest BCUT2D eigenvalue weighted by atomic mass is 16.5. The van der Waals surface area contributed by atoms with E-state index in [-0.39, 0.29) is 5.78 Å². The molecule has 0 fully saturated rings. The van der Waals surface area contributed by atoms with E-state index in [1.54, 1.807) is 12.2 Å². The molecule has 0 aliphatic heterocycles. The summed E-state index contributed by atoms with van der Waals surface area (Å²) in [7, 11) is 0. The molecule has 3 nitrogen and oxygen atoms in total. The van der Waals surface area contributed by atoms with Gasteiger partial charge >= 0.3 is 0 Å². The van der Waals surface area contributed by atoms with Gasteiger partial charge in [0.25, 0.3) is 0 Å². The summed E-state index contributed by atoms with van der Waals surface area (Å²) in [4.78, 5) is 12.2. The van der Waals surface area contributed by atoms with Crippen LogP contribution in [0.1, 0.15) is 35.3 Å². The maximum Gasteiger partial charge on any atom is 0.185 e. The highest BCUT2D eigenvalue weighted by Gasteiger charge is 2.06. The second kappa shape index (κ2) is 8.18. The minimum Gasteiger partial charge on any atom is -0.490 e. The lowest BCUT2D eigenvalue weighted by Gasteiger charge is -2.11. The van der Waals surface area contributed by atoms with Crippen LogP contribution in [0.4, 0.5) is 0 Å². The van der Waals surface area contributed by atoms with Gasteiger partial charge in [-0.3, -0.25) is 4.79 Å². The zero-order valence-corrected chi connectivity index (χ0v) is 13.8. The number of aryl methyl sites for hydroxylation is 1. The molecule has 2 aromatic rings. The van der Waals surface area contributed by atoms with Crippen LogP contribution in [0.3, 0.4) is 0 Å². The number of benzene rings is 2. The minimum atomic E-state index is -0.0134. The molecule has 2 aromatic carbocycles. The first-order valence-corrected chi connectivity index (χ1v) is 7.82. The Kier molecular flexibility index (Phi) is 5.98. The summed E-state index contributed by atoms with van der Waals surface area (Å²) in [5.41, 5.74) is 2.67. The fourth-order valence-electron chi connectivity index (χ4n) is 2.24. The Labute approximate surface area is 137 Å². The third-order valence-electron chi connectivity index (χ3n) is 3.30. The van der Waals surface area contributed by atoms with Gasteiger partial charge in [-0.05, 0) is 50.6 Å². The van der Waals surface area contributed by atoms with E-state index in [2.05, 4.69) is 0 Å². The van der Waals surface area contributed by atoms with Crippen molar-refractivity contribution in [2.24, 2.45) is 0 Å². The Hall–Kier alpha value is -2.55. The average Bonchev–Trinajstić information content (AvgIpc) is 2.55. The number of carbonyl (C=O) groups excluding carboxylic acids is 1. The van der Waals surface area contributed by atoms with Crippen molar-refractivity contribution in [3.8, 4) is 11.5 Å². The van der Waals surface area contributed by atoms with Crippen LogP contribution in [0.15, 0.2) is 48.5 Å². The van der Waals surface area contributed by atoms with Crippen molar-refractivity contribution < 1.29 is 14.3 Å². The molecule has 0 radical (unpaired) electrons. The van der Waals surface area contributed by atoms with Crippen molar-refractivity contribution in [1.82, 2.24) is 0 Å². The highest BCUT2D eigenvalue weighted by molar-refractivity contribution is 6.06. The number of hydrogen-bond acceptors (Lipinski definition) is 3. The van der Waals surface area contributed by atoms with Gasteiger partial charge in [0, 0.05) is 5.56 Å². The van der Waals surface area contributed by atoms with Gasteiger partial charge in [0.15, 0.2) is 17.3 Å². The lowest BCUT2D eigenvalue weighted by Crippen LogP contribution is -1.98. The summed E-state index contributed by atoms with van der Waals surface area (Å²) in [6, 6.07) is 13.2. The zero-order chi connectivity index (χ0) is 16.7. The molecule has 23 heavy (non-hydrogen) atoms. The number of ketones is 1. The first-order chi connectivity index (χ1) is 11.1. The molecule has 0 saturated heterocycles.